The Morgan fingerprint density at radius 2 is 1.90 bits per heavy atom. The number of rotatable bonds is 9. The molecule has 1 N–H and O–H groups in total. The fraction of sp³-hybridized carbons (Fsp3) is 0.647. The monoisotopic (exact) mass is 312 g/mol. The molecule has 0 aromatic heterocycles. The minimum absolute atomic E-state index is 0.564. The van der Waals surface area contributed by atoms with Gasteiger partial charge >= 0.3 is 0 Å². The summed E-state index contributed by atoms with van der Waals surface area (Å²) in [5.74, 6) is 1.45. The summed E-state index contributed by atoms with van der Waals surface area (Å²) in [5, 5.41) is 4.22. The first kappa shape index (κ1) is 18.3. The first-order chi connectivity index (χ1) is 10.0. The van der Waals surface area contributed by atoms with Crippen molar-refractivity contribution in [3.05, 3.63) is 28.8 Å². The van der Waals surface area contributed by atoms with Crippen LogP contribution in [0.2, 0.25) is 5.02 Å². The second kappa shape index (κ2) is 9.29. The lowest BCUT2D eigenvalue weighted by Crippen LogP contribution is -2.42. The number of hydrogen-bond acceptors (Lipinski definition) is 3. The Morgan fingerprint density at radius 1 is 1.24 bits per heavy atom. The van der Waals surface area contributed by atoms with Gasteiger partial charge in [0.2, 0.25) is 0 Å². The Hall–Kier alpha value is -0.770. The third-order valence-electron chi connectivity index (χ3n) is 4.16. The molecule has 0 radical (unpaired) electrons. The van der Waals surface area contributed by atoms with Crippen molar-refractivity contribution in [1.82, 2.24) is 10.2 Å². The van der Waals surface area contributed by atoms with Crippen molar-refractivity contribution < 1.29 is 4.74 Å². The van der Waals surface area contributed by atoms with E-state index < -0.39 is 0 Å². The SMILES string of the molecule is CCC(CC)C(CNCc1ccc(OC)c(Cl)c1)N(C)C. The van der Waals surface area contributed by atoms with E-state index in [2.05, 4.69) is 44.2 Å². The van der Waals surface area contributed by atoms with Crippen molar-refractivity contribution in [2.75, 3.05) is 27.7 Å². The highest BCUT2D eigenvalue weighted by molar-refractivity contribution is 6.32. The van der Waals surface area contributed by atoms with Crippen LogP contribution in [0.4, 0.5) is 0 Å². The Labute approximate surface area is 134 Å². The predicted molar refractivity (Wildman–Crippen MR) is 91.3 cm³/mol. The van der Waals surface area contributed by atoms with Crippen LogP contribution in [0, 0.1) is 5.92 Å². The van der Waals surface area contributed by atoms with E-state index in [9.17, 15) is 0 Å². The number of nitrogens with one attached hydrogen (secondary N) is 1. The molecular formula is C17H29ClN2O. The number of ether oxygens (including phenoxy) is 1. The molecule has 0 saturated carbocycles. The molecular weight excluding hydrogens is 284 g/mol. The highest BCUT2D eigenvalue weighted by atomic mass is 35.5. The molecule has 0 aliphatic carbocycles. The number of likely N-dealkylation sites (N-methyl/N-ethyl adjacent to an activating group) is 1. The van der Waals surface area contributed by atoms with E-state index in [1.54, 1.807) is 7.11 Å². The summed E-state index contributed by atoms with van der Waals surface area (Å²) in [4.78, 5) is 2.33. The summed E-state index contributed by atoms with van der Waals surface area (Å²) in [6.45, 7) is 6.36. The smallest absolute Gasteiger partial charge is 0.137 e. The molecule has 1 aromatic rings. The van der Waals surface area contributed by atoms with Gasteiger partial charge in [-0.3, -0.25) is 0 Å². The molecule has 120 valence electrons. The average molecular weight is 313 g/mol. The van der Waals surface area contributed by atoms with E-state index in [4.69, 9.17) is 16.3 Å². The average Bonchev–Trinajstić information content (AvgIpc) is 2.46. The molecule has 0 spiro atoms. The second-order valence-electron chi connectivity index (χ2n) is 5.71. The fourth-order valence-corrected chi connectivity index (χ4v) is 3.07. The maximum Gasteiger partial charge on any atom is 0.137 e. The van der Waals surface area contributed by atoms with Crippen LogP contribution in [0.3, 0.4) is 0 Å². The number of benzene rings is 1. The molecule has 0 amide bonds. The zero-order valence-electron chi connectivity index (χ0n) is 13.9. The molecule has 0 aliphatic heterocycles. The minimum Gasteiger partial charge on any atom is -0.495 e. The molecule has 0 heterocycles. The van der Waals surface area contributed by atoms with Gasteiger partial charge in [0.05, 0.1) is 12.1 Å². The maximum atomic E-state index is 6.16. The zero-order valence-corrected chi connectivity index (χ0v) is 14.7. The second-order valence-corrected chi connectivity index (χ2v) is 6.11. The first-order valence-corrected chi connectivity index (χ1v) is 8.10. The summed E-state index contributed by atoms with van der Waals surface area (Å²) in [5.41, 5.74) is 1.18. The van der Waals surface area contributed by atoms with E-state index >= 15 is 0 Å². The van der Waals surface area contributed by atoms with Crippen molar-refractivity contribution in [2.45, 2.75) is 39.3 Å². The van der Waals surface area contributed by atoms with Crippen LogP contribution < -0.4 is 10.1 Å². The molecule has 21 heavy (non-hydrogen) atoms. The summed E-state index contributed by atoms with van der Waals surface area (Å²) < 4.78 is 5.18. The van der Waals surface area contributed by atoms with Gasteiger partial charge in [0.25, 0.3) is 0 Å². The van der Waals surface area contributed by atoms with Gasteiger partial charge in [0.1, 0.15) is 5.75 Å². The van der Waals surface area contributed by atoms with Crippen molar-refractivity contribution in [3.8, 4) is 5.75 Å². The van der Waals surface area contributed by atoms with Crippen molar-refractivity contribution in [3.63, 3.8) is 0 Å². The first-order valence-electron chi connectivity index (χ1n) is 7.72. The summed E-state index contributed by atoms with van der Waals surface area (Å²) in [7, 11) is 5.96. The molecule has 1 rings (SSSR count). The van der Waals surface area contributed by atoms with Crippen LogP contribution in [0.1, 0.15) is 32.3 Å². The lowest BCUT2D eigenvalue weighted by atomic mass is 9.93. The highest BCUT2D eigenvalue weighted by Gasteiger charge is 2.19. The van der Waals surface area contributed by atoms with E-state index in [1.165, 1.54) is 18.4 Å². The lowest BCUT2D eigenvalue weighted by molar-refractivity contribution is 0.194. The fourth-order valence-electron chi connectivity index (χ4n) is 2.79. The Morgan fingerprint density at radius 3 is 2.38 bits per heavy atom. The quantitative estimate of drug-likeness (QED) is 0.750. The van der Waals surface area contributed by atoms with Crippen LogP contribution in [-0.2, 0) is 6.54 Å². The van der Waals surface area contributed by atoms with Gasteiger partial charge in [-0.25, -0.2) is 0 Å². The number of halogens is 1. The van der Waals surface area contributed by atoms with Gasteiger partial charge in [0, 0.05) is 19.1 Å². The molecule has 1 aromatic carbocycles. The van der Waals surface area contributed by atoms with Crippen LogP contribution in [0.5, 0.6) is 5.75 Å². The summed E-state index contributed by atoms with van der Waals surface area (Å²) in [6.07, 6.45) is 2.44. The molecule has 0 fully saturated rings. The van der Waals surface area contributed by atoms with Gasteiger partial charge in [-0.2, -0.15) is 0 Å². The van der Waals surface area contributed by atoms with Crippen molar-refractivity contribution >= 4 is 11.6 Å². The van der Waals surface area contributed by atoms with Crippen LogP contribution in [-0.4, -0.2) is 38.7 Å². The van der Waals surface area contributed by atoms with Crippen LogP contribution in [0.25, 0.3) is 0 Å². The largest absolute Gasteiger partial charge is 0.495 e. The zero-order chi connectivity index (χ0) is 15.8. The number of nitrogens with zero attached hydrogens (tertiary/aromatic N) is 1. The Balaban J connectivity index is 2.56. The lowest BCUT2D eigenvalue weighted by Gasteiger charge is -2.31. The predicted octanol–water partition coefficient (Wildman–Crippen LogP) is 3.80. The van der Waals surface area contributed by atoms with Gasteiger partial charge in [-0.1, -0.05) is 44.4 Å². The maximum absolute atomic E-state index is 6.16. The molecule has 1 unspecified atom stereocenters. The molecule has 3 nitrogen and oxygen atoms in total. The van der Waals surface area contributed by atoms with E-state index in [1.807, 2.05) is 12.1 Å². The minimum atomic E-state index is 0.564. The van der Waals surface area contributed by atoms with Gasteiger partial charge in [-0.15, -0.1) is 0 Å². The highest BCUT2D eigenvalue weighted by Crippen LogP contribution is 2.24. The molecule has 0 bridgehead atoms. The molecule has 0 aliphatic rings. The Kier molecular flexibility index (Phi) is 8.09. The van der Waals surface area contributed by atoms with Gasteiger partial charge < -0.3 is 15.0 Å². The molecule has 0 saturated heterocycles. The standard InChI is InChI=1S/C17H29ClN2O/c1-6-14(7-2)16(20(3)4)12-19-11-13-8-9-17(21-5)15(18)10-13/h8-10,14,16,19H,6-7,11-12H2,1-5H3. The van der Waals surface area contributed by atoms with E-state index in [0.717, 1.165) is 24.8 Å². The van der Waals surface area contributed by atoms with E-state index in [-0.39, 0.29) is 0 Å². The summed E-state index contributed by atoms with van der Waals surface area (Å²) in [6, 6.07) is 6.51. The topological polar surface area (TPSA) is 24.5 Å². The molecule has 4 heteroatoms. The van der Waals surface area contributed by atoms with Crippen LogP contribution in [0.15, 0.2) is 18.2 Å². The summed E-state index contributed by atoms with van der Waals surface area (Å²) >= 11 is 6.16. The van der Waals surface area contributed by atoms with Crippen molar-refractivity contribution in [2.24, 2.45) is 5.92 Å². The molecule has 1 atom stereocenters. The number of hydrogen-bond donors (Lipinski definition) is 1. The van der Waals surface area contributed by atoms with Gasteiger partial charge in [0.15, 0.2) is 0 Å². The van der Waals surface area contributed by atoms with E-state index in [0.29, 0.717) is 11.1 Å². The Bertz CT molecular complexity index is 419. The number of methoxy groups -OCH3 is 1. The van der Waals surface area contributed by atoms with Crippen LogP contribution >= 0.6 is 11.6 Å². The third-order valence-corrected chi connectivity index (χ3v) is 4.45. The van der Waals surface area contributed by atoms with Gasteiger partial charge in [-0.05, 0) is 37.7 Å². The van der Waals surface area contributed by atoms with Crippen molar-refractivity contribution in [1.29, 1.82) is 0 Å². The third kappa shape index (κ3) is 5.50. The normalized spacial score (nSPS) is 13.0.